The fourth-order valence-electron chi connectivity index (χ4n) is 2.40. The predicted molar refractivity (Wildman–Crippen MR) is 96.3 cm³/mol. The van der Waals surface area contributed by atoms with Crippen molar-refractivity contribution in [3.8, 4) is 5.75 Å². The maximum absolute atomic E-state index is 11.9. The molecule has 0 aromatic heterocycles. The molecule has 0 fully saturated rings. The Kier molecular flexibility index (Phi) is 6.86. The van der Waals surface area contributed by atoms with Crippen molar-refractivity contribution in [2.24, 2.45) is 0 Å². The number of ether oxygens (including phenoxy) is 2. The Labute approximate surface area is 144 Å². The summed E-state index contributed by atoms with van der Waals surface area (Å²) in [5.41, 5.74) is 2.27. The Bertz CT molecular complexity index is 619. The summed E-state index contributed by atoms with van der Waals surface area (Å²) in [5, 5.41) is 0. The van der Waals surface area contributed by atoms with Gasteiger partial charge >= 0.3 is 5.97 Å². The Morgan fingerprint density at radius 3 is 2.29 bits per heavy atom. The highest BCUT2D eigenvalue weighted by atomic mass is 16.6. The third-order valence-electron chi connectivity index (χ3n) is 4.07. The van der Waals surface area contributed by atoms with E-state index in [1.54, 1.807) is 0 Å². The molecule has 3 heteroatoms. The van der Waals surface area contributed by atoms with Gasteiger partial charge in [0.15, 0.2) is 0 Å². The summed E-state index contributed by atoms with van der Waals surface area (Å²) < 4.78 is 11.1. The lowest BCUT2D eigenvalue weighted by Crippen LogP contribution is -2.23. The minimum Gasteiger partial charge on any atom is -0.490 e. The van der Waals surface area contributed by atoms with Crippen LogP contribution in [-0.2, 0) is 16.0 Å². The Morgan fingerprint density at radius 1 is 1.00 bits per heavy atom. The molecule has 0 amide bonds. The summed E-state index contributed by atoms with van der Waals surface area (Å²) in [7, 11) is 0. The van der Waals surface area contributed by atoms with Crippen LogP contribution in [0.1, 0.15) is 44.2 Å². The highest BCUT2D eigenvalue weighted by Crippen LogP contribution is 2.21. The first-order valence-electron chi connectivity index (χ1n) is 8.54. The van der Waals surface area contributed by atoms with Crippen LogP contribution in [0.3, 0.4) is 0 Å². The SMILES string of the molecule is CCC(C)c1ccc(OCC(C)OC(=O)Cc2ccccc2)cc1. The van der Waals surface area contributed by atoms with E-state index in [4.69, 9.17) is 9.47 Å². The summed E-state index contributed by atoms with van der Waals surface area (Å²) >= 11 is 0. The van der Waals surface area contributed by atoms with Gasteiger partial charge in [0.1, 0.15) is 18.5 Å². The van der Waals surface area contributed by atoms with Crippen LogP contribution >= 0.6 is 0 Å². The maximum Gasteiger partial charge on any atom is 0.310 e. The molecule has 0 heterocycles. The van der Waals surface area contributed by atoms with Gasteiger partial charge in [0, 0.05) is 0 Å². The first-order valence-corrected chi connectivity index (χ1v) is 8.54. The molecule has 0 N–H and O–H groups in total. The van der Waals surface area contributed by atoms with E-state index in [2.05, 4.69) is 26.0 Å². The van der Waals surface area contributed by atoms with Crippen LogP contribution in [0, 0.1) is 0 Å². The maximum atomic E-state index is 11.9. The van der Waals surface area contributed by atoms with Crippen LogP contribution < -0.4 is 4.74 Å². The predicted octanol–water partition coefficient (Wildman–Crippen LogP) is 4.75. The van der Waals surface area contributed by atoms with Crippen molar-refractivity contribution >= 4 is 5.97 Å². The monoisotopic (exact) mass is 326 g/mol. The molecule has 0 spiro atoms. The van der Waals surface area contributed by atoms with Gasteiger partial charge in [-0.1, -0.05) is 56.3 Å². The van der Waals surface area contributed by atoms with Crippen molar-refractivity contribution in [1.29, 1.82) is 0 Å². The van der Waals surface area contributed by atoms with E-state index in [1.165, 1.54) is 5.56 Å². The Balaban J connectivity index is 1.76. The summed E-state index contributed by atoms with van der Waals surface area (Å²) in [4.78, 5) is 11.9. The molecule has 2 aromatic rings. The average molecular weight is 326 g/mol. The van der Waals surface area contributed by atoms with E-state index in [1.807, 2.05) is 49.4 Å². The standard InChI is InChI=1S/C21H26O3/c1-4-16(2)19-10-12-20(13-11-19)23-15-17(3)24-21(22)14-18-8-6-5-7-9-18/h5-13,16-17H,4,14-15H2,1-3H3. The van der Waals surface area contributed by atoms with Crippen LogP contribution in [-0.4, -0.2) is 18.7 Å². The molecule has 0 radical (unpaired) electrons. The molecule has 0 aliphatic carbocycles. The minimum absolute atomic E-state index is 0.232. The van der Waals surface area contributed by atoms with Gasteiger partial charge in [0.25, 0.3) is 0 Å². The highest BCUT2D eigenvalue weighted by Gasteiger charge is 2.11. The van der Waals surface area contributed by atoms with E-state index in [0.29, 0.717) is 12.5 Å². The van der Waals surface area contributed by atoms with E-state index < -0.39 is 0 Å². The lowest BCUT2D eigenvalue weighted by molar-refractivity contribution is -0.148. The Morgan fingerprint density at radius 2 is 1.67 bits per heavy atom. The zero-order valence-electron chi connectivity index (χ0n) is 14.7. The van der Waals surface area contributed by atoms with Crippen LogP contribution in [0.5, 0.6) is 5.75 Å². The van der Waals surface area contributed by atoms with Gasteiger partial charge in [-0.15, -0.1) is 0 Å². The van der Waals surface area contributed by atoms with Crippen molar-refractivity contribution in [3.63, 3.8) is 0 Å². The zero-order valence-corrected chi connectivity index (χ0v) is 14.7. The molecule has 2 rings (SSSR count). The average Bonchev–Trinajstić information content (AvgIpc) is 2.60. The second-order valence-electron chi connectivity index (χ2n) is 6.15. The van der Waals surface area contributed by atoms with Crippen molar-refractivity contribution in [2.45, 2.75) is 45.6 Å². The molecule has 0 aliphatic heterocycles. The quantitative estimate of drug-likeness (QED) is 0.657. The van der Waals surface area contributed by atoms with Crippen molar-refractivity contribution in [3.05, 3.63) is 65.7 Å². The van der Waals surface area contributed by atoms with E-state index >= 15 is 0 Å². The van der Waals surface area contributed by atoms with Crippen molar-refractivity contribution in [1.82, 2.24) is 0 Å². The molecule has 3 nitrogen and oxygen atoms in total. The molecule has 24 heavy (non-hydrogen) atoms. The van der Waals surface area contributed by atoms with Crippen LogP contribution in [0.2, 0.25) is 0 Å². The van der Waals surface area contributed by atoms with Gasteiger partial charge in [0.2, 0.25) is 0 Å². The normalized spacial score (nSPS) is 13.1. The molecule has 2 atom stereocenters. The first kappa shape index (κ1) is 18.1. The van der Waals surface area contributed by atoms with E-state index in [-0.39, 0.29) is 18.5 Å². The number of rotatable bonds is 8. The van der Waals surface area contributed by atoms with Gasteiger partial charge in [-0.25, -0.2) is 0 Å². The molecule has 2 aromatic carbocycles. The molecule has 0 saturated carbocycles. The number of benzene rings is 2. The van der Waals surface area contributed by atoms with Gasteiger partial charge in [-0.2, -0.15) is 0 Å². The number of hydrogen-bond donors (Lipinski definition) is 0. The second-order valence-corrected chi connectivity index (χ2v) is 6.15. The molecule has 0 bridgehead atoms. The lowest BCUT2D eigenvalue weighted by atomic mass is 9.99. The third-order valence-corrected chi connectivity index (χ3v) is 4.07. The highest BCUT2D eigenvalue weighted by molar-refractivity contribution is 5.72. The summed E-state index contributed by atoms with van der Waals surface area (Å²) in [6, 6.07) is 17.7. The second kappa shape index (κ2) is 9.11. The van der Waals surface area contributed by atoms with Gasteiger partial charge < -0.3 is 9.47 Å². The third kappa shape index (κ3) is 5.73. The molecule has 0 aliphatic rings. The van der Waals surface area contributed by atoms with Gasteiger partial charge in [-0.3, -0.25) is 4.79 Å². The minimum atomic E-state index is -0.282. The van der Waals surface area contributed by atoms with Crippen LogP contribution in [0.25, 0.3) is 0 Å². The topological polar surface area (TPSA) is 35.5 Å². The van der Waals surface area contributed by atoms with Crippen molar-refractivity contribution in [2.75, 3.05) is 6.61 Å². The van der Waals surface area contributed by atoms with Crippen molar-refractivity contribution < 1.29 is 14.3 Å². The summed E-state index contributed by atoms with van der Waals surface area (Å²) in [6.07, 6.45) is 1.12. The Hall–Kier alpha value is -2.29. The van der Waals surface area contributed by atoms with Crippen LogP contribution in [0.15, 0.2) is 54.6 Å². The lowest BCUT2D eigenvalue weighted by Gasteiger charge is -2.15. The number of carbonyl (C=O) groups excluding carboxylic acids is 1. The smallest absolute Gasteiger partial charge is 0.310 e. The van der Waals surface area contributed by atoms with E-state index in [0.717, 1.165) is 17.7 Å². The first-order chi connectivity index (χ1) is 11.6. The number of esters is 1. The van der Waals surface area contributed by atoms with E-state index in [9.17, 15) is 4.79 Å². The molecule has 128 valence electrons. The number of hydrogen-bond acceptors (Lipinski definition) is 3. The van der Waals surface area contributed by atoms with Gasteiger partial charge in [0.05, 0.1) is 6.42 Å². The molecule has 0 saturated heterocycles. The molecule has 2 unspecified atom stereocenters. The fourth-order valence-corrected chi connectivity index (χ4v) is 2.40. The molecular formula is C21H26O3. The van der Waals surface area contributed by atoms with Crippen LogP contribution in [0.4, 0.5) is 0 Å². The van der Waals surface area contributed by atoms with Gasteiger partial charge in [-0.05, 0) is 42.5 Å². The zero-order chi connectivity index (χ0) is 17.4. The number of carbonyl (C=O) groups is 1. The fraction of sp³-hybridized carbons (Fsp3) is 0.381. The summed E-state index contributed by atoms with van der Waals surface area (Å²) in [6.45, 7) is 6.59. The molecular weight excluding hydrogens is 300 g/mol. The largest absolute Gasteiger partial charge is 0.490 e. The summed E-state index contributed by atoms with van der Waals surface area (Å²) in [5.74, 6) is 1.12.